The van der Waals surface area contributed by atoms with Crippen LogP contribution in [-0.4, -0.2) is 12.1 Å². The topological polar surface area (TPSA) is 64.4 Å². The highest BCUT2D eigenvalue weighted by Crippen LogP contribution is 2.18. The van der Waals surface area contributed by atoms with Crippen LogP contribution in [0.25, 0.3) is 0 Å². The van der Waals surface area contributed by atoms with Crippen molar-refractivity contribution in [3.8, 4) is 0 Å². The van der Waals surface area contributed by atoms with E-state index in [0.29, 0.717) is 6.04 Å². The fraction of sp³-hybridized carbons (Fsp3) is 0.750. The molecule has 8 heavy (non-hydrogen) atoms. The Hall–Kier alpha value is -0.770. The number of nitrogens with two attached hydrogens (primary N) is 1. The Labute approximate surface area is 46.9 Å². The molecule has 0 aliphatic heterocycles. The zero-order chi connectivity index (χ0) is 5.98. The van der Waals surface area contributed by atoms with Gasteiger partial charge in [0.05, 0.1) is 0 Å². The van der Waals surface area contributed by atoms with Crippen LogP contribution in [0, 0.1) is 0 Å². The summed E-state index contributed by atoms with van der Waals surface area (Å²) < 4.78 is 0. The van der Waals surface area contributed by atoms with E-state index in [2.05, 4.69) is 16.1 Å². The second kappa shape index (κ2) is 2.00. The lowest BCUT2D eigenvalue weighted by Gasteiger charge is -1.96. The highest BCUT2D eigenvalue weighted by molar-refractivity contribution is 5.64. The maximum Gasteiger partial charge on any atom is 0.423 e. The van der Waals surface area contributed by atoms with E-state index in [9.17, 15) is 4.79 Å². The van der Waals surface area contributed by atoms with E-state index in [0.717, 1.165) is 12.8 Å². The summed E-state index contributed by atoms with van der Waals surface area (Å²) in [5.41, 5.74) is 7.13. The van der Waals surface area contributed by atoms with Gasteiger partial charge >= 0.3 is 6.09 Å². The molecule has 1 rings (SSSR count). The molecule has 0 heterocycles. The fourth-order valence-corrected chi connectivity index (χ4v) is 0.343. The summed E-state index contributed by atoms with van der Waals surface area (Å²) in [4.78, 5) is 14.1. The van der Waals surface area contributed by atoms with Crippen molar-refractivity contribution in [2.24, 2.45) is 5.73 Å². The summed E-state index contributed by atoms with van der Waals surface area (Å²) in [6.45, 7) is 0. The van der Waals surface area contributed by atoms with E-state index < -0.39 is 6.09 Å². The number of carbonyl (C=O) groups is 1. The number of hydrogen-bond donors (Lipinski definition) is 2. The minimum absolute atomic E-state index is 0.363. The molecule has 3 N–H and O–H groups in total. The molecule has 0 saturated heterocycles. The van der Waals surface area contributed by atoms with Crippen molar-refractivity contribution in [2.75, 3.05) is 0 Å². The van der Waals surface area contributed by atoms with Gasteiger partial charge in [-0.3, -0.25) is 0 Å². The SMILES string of the molecule is NC(=O)ONC1CC1. The fourth-order valence-electron chi connectivity index (χ4n) is 0.343. The first-order valence-electron chi connectivity index (χ1n) is 2.51. The third kappa shape index (κ3) is 1.79. The normalized spacial score (nSPS) is 18.0. The Morgan fingerprint density at radius 3 is 2.75 bits per heavy atom. The summed E-state index contributed by atoms with van der Waals surface area (Å²) >= 11 is 0. The van der Waals surface area contributed by atoms with Crippen LogP contribution in [0.5, 0.6) is 0 Å². The summed E-state index contributed by atoms with van der Waals surface area (Å²) in [5, 5.41) is 0. The Morgan fingerprint density at radius 2 is 2.38 bits per heavy atom. The van der Waals surface area contributed by atoms with E-state index in [1.165, 1.54) is 0 Å². The molecule has 0 spiro atoms. The third-order valence-electron chi connectivity index (χ3n) is 0.904. The van der Waals surface area contributed by atoms with Crippen molar-refractivity contribution in [2.45, 2.75) is 18.9 Å². The average Bonchev–Trinajstić information content (AvgIpc) is 2.41. The smallest absolute Gasteiger partial charge is 0.354 e. The van der Waals surface area contributed by atoms with E-state index in [1.807, 2.05) is 0 Å². The van der Waals surface area contributed by atoms with E-state index in [-0.39, 0.29) is 0 Å². The maximum absolute atomic E-state index is 9.87. The monoisotopic (exact) mass is 116 g/mol. The van der Waals surface area contributed by atoms with Gasteiger partial charge in [0.2, 0.25) is 0 Å². The largest absolute Gasteiger partial charge is 0.423 e. The van der Waals surface area contributed by atoms with Crippen LogP contribution in [0.2, 0.25) is 0 Å². The molecule has 0 aromatic carbocycles. The van der Waals surface area contributed by atoms with Gasteiger partial charge in [-0.2, -0.15) is 0 Å². The first kappa shape index (κ1) is 5.37. The standard InChI is InChI=1S/C4H8N2O2/c5-4(7)8-6-3-1-2-3/h3,6H,1-2H2,(H2,5,7). The first-order chi connectivity index (χ1) is 3.79. The van der Waals surface area contributed by atoms with Gasteiger partial charge in [-0.15, -0.1) is 5.48 Å². The Balaban J connectivity index is 1.95. The quantitative estimate of drug-likeness (QED) is 0.489. The second-order valence-electron chi connectivity index (χ2n) is 1.81. The van der Waals surface area contributed by atoms with Gasteiger partial charge in [0, 0.05) is 6.04 Å². The van der Waals surface area contributed by atoms with Crippen LogP contribution in [0.15, 0.2) is 0 Å². The van der Waals surface area contributed by atoms with Crippen molar-refractivity contribution >= 4 is 6.09 Å². The lowest BCUT2D eigenvalue weighted by atomic mass is 10.8. The number of carbonyl (C=O) groups excluding carboxylic acids is 1. The summed E-state index contributed by atoms with van der Waals surface area (Å²) in [6, 6.07) is 0.363. The Kier molecular flexibility index (Phi) is 1.34. The van der Waals surface area contributed by atoms with E-state index in [1.54, 1.807) is 0 Å². The van der Waals surface area contributed by atoms with Crippen molar-refractivity contribution in [3.63, 3.8) is 0 Å². The van der Waals surface area contributed by atoms with Crippen LogP contribution in [0.4, 0.5) is 4.79 Å². The number of rotatable bonds is 2. The van der Waals surface area contributed by atoms with Crippen molar-refractivity contribution < 1.29 is 9.63 Å². The predicted octanol–water partition coefficient (Wildman–Crippen LogP) is -0.251. The minimum Gasteiger partial charge on any atom is -0.354 e. The molecule has 0 unspecified atom stereocenters. The molecular formula is C4H8N2O2. The molecule has 1 aliphatic carbocycles. The molecule has 0 aromatic heterocycles. The van der Waals surface area contributed by atoms with Gasteiger partial charge in [0.15, 0.2) is 0 Å². The molecule has 1 fully saturated rings. The van der Waals surface area contributed by atoms with Crippen LogP contribution in [0.3, 0.4) is 0 Å². The van der Waals surface area contributed by atoms with Gasteiger partial charge in [0.1, 0.15) is 0 Å². The minimum atomic E-state index is -0.767. The van der Waals surface area contributed by atoms with Crippen molar-refractivity contribution in [1.29, 1.82) is 0 Å². The van der Waals surface area contributed by atoms with Gasteiger partial charge in [-0.1, -0.05) is 0 Å². The maximum atomic E-state index is 9.87. The van der Waals surface area contributed by atoms with E-state index in [4.69, 9.17) is 0 Å². The van der Waals surface area contributed by atoms with Gasteiger partial charge in [-0.05, 0) is 12.8 Å². The molecule has 4 heteroatoms. The Bertz CT molecular complexity index is 100. The van der Waals surface area contributed by atoms with Gasteiger partial charge < -0.3 is 10.6 Å². The molecule has 1 amide bonds. The number of primary amides is 1. The second-order valence-corrected chi connectivity index (χ2v) is 1.81. The molecule has 0 bridgehead atoms. The van der Waals surface area contributed by atoms with Crippen molar-refractivity contribution in [3.05, 3.63) is 0 Å². The van der Waals surface area contributed by atoms with Crippen molar-refractivity contribution in [1.82, 2.24) is 5.48 Å². The zero-order valence-electron chi connectivity index (χ0n) is 4.39. The number of hydroxylamine groups is 1. The lowest BCUT2D eigenvalue weighted by molar-refractivity contribution is 0.0948. The number of amides is 1. The highest BCUT2D eigenvalue weighted by Gasteiger charge is 2.21. The summed E-state index contributed by atoms with van der Waals surface area (Å²) in [7, 11) is 0. The highest BCUT2D eigenvalue weighted by atomic mass is 16.7. The summed E-state index contributed by atoms with van der Waals surface area (Å²) in [5.74, 6) is 0. The molecule has 1 saturated carbocycles. The molecule has 46 valence electrons. The van der Waals surface area contributed by atoms with E-state index >= 15 is 0 Å². The molecule has 1 aliphatic rings. The summed E-state index contributed by atoms with van der Waals surface area (Å²) in [6.07, 6.45) is 1.39. The number of hydrogen-bond acceptors (Lipinski definition) is 3. The zero-order valence-corrected chi connectivity index (χ0v) is 4.39. The first-order valence-corrected chi connectivity index (χ1v) is 2.51. The van der Waals surface area contributed by atoms with Crippen LogP contribution in [-0.2, 0) is 4.84 Å². The third-order valence-corrected chi connectivity index (χ3v) is 0.904. The van der Waals surface area contributed by atoms with Crippen LogP contribution >= 0.6 is 0 Å². The van der Waals surface area contributed by atoms with Crippen LogP contribution in [0.1, 0.15) is 12.8 Å². The van der Waals surface area contributed by atoms with Crippen LogP contribution < -0.4 is 11.2 Å². The average molecular weight is 116 g/mol. The van der Waals surface area contributed by atoms with Gasteiger partial charge in [-0.25, -0.2) is 4.79 Å². The predicted molar refractivity (Wildman–Crippen MR) is 26.8 cm³/mol. The number of nitrogens with one attached hydrogen (secondary N) is 1. The molecule has 0 aromatic rings. The Morgan fingerprint density at radius 1 is 1.75 bits per heavy atom. The lowest BCUT2D eigenvalue weighted by Crippen LogP contribution is -2.25. The molecular weight excluding hydrogens is 108 g/mol. The molecule has 4 nitrogen and oxygen atoms in total. The molecule has 0 radical (unpaired) electrons. The van der Waals surface area contributed by atoms with Gasteiger partial charge in [0.25, 0.3) is 0 Å². The molecule has 0 atom stereocenters.